The summed E-state index contributed by atoms with van der Waals surface area (Å²) in [5.41, 5.74) is 0.983. The predicted octanol–water partition coefficient (Wildman–Crippen LogP) is 1.14. The monoisotopic (exact) mass is 291 g/mol. The van der Waals surface area contributed by atoms with E-state index in [4.69, 9.17) is 11.6 Å². The molecule has 0 heterocycles. The van der Waals surface area contributed by atoms with Crippen LogP contribution in [0.3, 0.4) is 0 Å². The number of halogens is 1. The van der Waals surface area contributed by atoms with Crippen molar-refractivity contribution in [2.45, 2.75) is 18.9 Å². The summed E-state index contributed by atoms with van der Waals surface area (Å²) in [6.45, 7) is -0.227. The molecule has 0 radical (unpaired) electrons. The summed E-state index contributed by atoms with van der Waals surface area (Å²) in [5.74, 6) is 0.297. The number of sulfonamides is 1. The molecule has 1 rings (SSSR count). The quantitative estimate of drug-likeness (QED) is 0.706. The van der Waals surface area contributed by atoms with Crippen molar-refractivity contribution >= 4 is 21.6 Å². The Morgan fingerprint density at radius 2 is 1.94 bits per heavy atom. The largest absolute Gasteiger partial charge is 0.395 e. The smallest absolute Gasteiger partial charge is 0.211 e. The van der Waals surface area contributed by atoms with E-state index in [1.54, 1.807) is 0 Å². The number of rotatable bonds is 8. The summed E-state index contributed by atoms with van der Waals surface area (Å²) >= 11 is 5.47. The molecule has 0 aromatic heterocycles. The van der Waals surface area contributed by atoms with Crippen LogP contribution in [0.15, 0.2) is 30.3 Å². The lowest BCUT2D eigenvalue weighted by atomic mass is 10.1. The van der Waals surface area contributed by atoms with Crippen LogP contribution in [0, 0.1) is 0 Å². The molecule has 0 saturated carbocycles. The van der Waals surface area contributed by atoms with Gasteiger partial charge < -0.3 is 5.11 Å². The molecular formula is C12H18ClNO3S. The van der Waals surface area contributed by atoms with Gasteiger partial charge in [-0.05, 0) is 18.4 Å². The number of aliphatic hydroxyl groups excluding tert-OH is 1. The van der Waals surface area contributed by atoms with Gasteiger partial charge in [0.05, 0.1) is 12.4 Å². The Bertz CT molecular complexity index is 436. The predicted molar refractivity (Wildman–Crippen MR) is 73.3 cm³/mol. The minimum Gasteiger partial charge on any atom is -0.395 e. The molecule has 0 saturated heterocycles. The SMILES string of the molecule is O=S(=O)(CCCCl)N[C@H](CO)Cc1ccccc1. The first kappa shape index (κ1) is 15.4. The maximum absolute atomic E-state index is 11.7. The van der Waals surface area contributed by atoms with Crippen LogP contribution in [0.4, 0.5) is 0 Å². The summed E-state index contributed by atoms with van der Waals surface area (Å²) in [6.07, 6.45) is 0.873. The molecular weight excluding hydrogens is 274 g/mol. The molecule has 4 nitrogen and oxygen atoms in total. The van der Waals surface area contributed by atoms with Crippen LogP contribution in [-0.4, -0.2) is 37.8 Å². The molecule has 0 spiro atoms. The molecule has 18 heavy (non-hydrogen) atoms. The number of benzene rings is 1. The summed E-state index contributed by atoms with van der Waals surface area (Å²) in [7, 11) is -3.37. The molecule has 1 aromatic rings. The fourth-order valence-electron chi connectivity index (χ4n) is 1.60. The Kier molecular flexibility index (Phi) is 6.63. The molecule has 1 atom stereocenters. The number of hydrogen-bond acceptors (Lipinski definition) is 3. The highest BCUT2D eigenvalue weighted by atomic mass is 35.5. The van der Waals surface area contributed by atoms with Crippen LogP contribution in [0.5, 0.6) is 0 Å². The second-order valence-corrected chi connectivity index (χ2v) is 6.30. The van der Waals surface area contributed by atoms with Gasteiger partial charge in [-0.2, -0.15) is 0 Å². The lowest BCUT2D eigenvalue weighted by molar-refractivity contribution is 0.256. The van der Waals surface area contributed by atoms with Gasteiger partial charge >= 0.3 is 0 Å². The first-order chi connectivity index (χ1) is 8.57. The highest BCUT2D eigenvalue weighted by Crippen LogP contribution is 2.04. The van der Waals surface area contributed by atoms with Crippen molar-refractivity contribution in [3.05, 3.63) is 35.9 Å². The van der Waals surface area contributed by atoms with Crippen LogP contribution < -0.4 is 4.72 Å². The molecule has 0 aliphatic rings. The van der Waals surface area contributed by atoms with Gasteiger partial charge in [0.15, 0.2) is 0 Å². The highest BCUT2D eigenvalue weighted by Gasteiger charge is 2.17. The summed E-state index contributed by atoms with van der Waals surface area (Å²) in [5, 5.41) is 9.22. The van der Waals surface area contributed by atoms with Gasteiger partial charge in [0.1, 0.15) is 0 Å². The zero-order valence-electron chi connectivity index (χ0n) is 10.0. The average molecular weight is 292 g/mol. The van der Waals surface area contributed by atoms with Crippen molar-refractivity contribution < 1.29 is 13.5 Å². The van der Waals surface area contributed by atoms with Crippen molar-refractivity contribution in [2.24, 2.45) is 0 Å². The van der Waals surface area contributed by atoms with E-state index in [1.807, 2.05) is 30.3 Å². The van der Waals surface area contributed by atoms with Crippen LogP contribution >= 0.6 is 11.6 Å². The minimum absolute atomic E-state index is 0.0121. The zero-order valence-corrected chi connectivity index (χ0v) is 11.6. The van der Waals surface area contributed by atoms with E-state index in [9.17, 15) is 13.5 Å². The molecule has 0 unspecified atom stereocenters. The third kappa shape index (κ3) is 5.82. The Morgan fingerprint density at radius 1 is 1.28 bits per heavy atom. The van der Waals surface area contributed by atoms with E-state index in [0.717, 1.165) is 5.56 Å². The lowest BCUT2D eigenvalue weighted by Gasteiger charge is -2.16. The van der Waals surface area contributed by atoms with E-state index < -0.39 is 16.1 Å². The van der Waals surface area contributed by atoms with E-state index in [0.29, 0.717) is 18.7 Å². The summed E-state index contributed by atoms with van der Waals surface area (Å²) in [6, 6.07) is 8.96. The first-order valence-electron chi connectivity index (χ1n) is 5.78. The fraction of sp³-hybridized carbons (Fsp3) is 0.500. The molecule has 0 bridgehead atoms. The van der Waals surface area contributed by atoms with Crippen LogP contribution in [-0.2, 0) is 16.4 Å². The molecule has 2 N–H and O–H groups in total. The average Bonchev–Trinajstić information content (AvgIpc) is 2.36. The molecule has 1 aromatic carbocycles. The van der Waals surface area contributed by atoms with Gasteiger partial charge in [0, 0.05) is 11.9 Å². The van der Waals surface area contributed by atoms with E-state index in [2.05, 4.69) is 4.72 Å². The van der Waals surface area contributed by atoms with Crippen LogP contribution in [0.1, 0.15) is 12.0 Å². The van der Waals surface area contributed by atoms with Crippen LogP contribution in [0.2, 0.25) is 0 Å². The van der Waals surface area contributed by atoms with E-state index >= 15 is 0 Å². The summed E-state index contributed by atoms with van der Waals surface area (Å²) in [4.78, 5) is 0. The third-order valence-corrected chi connectivity index (χ3v) is 4.22. The van der Waals surface area contributed by atoms with Gasteiger partial charge in [0.25, 0.3) is 0 Å². The van der Waals surface area contributed by atoms with Gasteiger partial charge in [0.2, 0.25) is 10.0 Å². The molecule has 0 aliphatic carbocycles. The Labute approximate surface area is 113 Å². The maximum Gasteiger partial charge on any atom is 0.211 e. The topological polar surface area (TPSA) is 66.4 Å². The Balaban J connectivity index is 2.57. The minimum atomic E-state index is -3.37. The van der Waals surface area contributed by atoms with Crippen molar-refractivity contribution in [1.82, 2.24) is 4.72 Å². The van der Waals surface area contributed by atoms with Crippen molar-refractivity contribution in [2.75, 3.05) is 18.2 Å². The second-order valence-electron chi connectivity index (χ2n) is 4.05. The van der Waals surface area contributed by atoms with Gasteiger partial charge in [-0.15, -0.1) is 11.6 Å². The van der Waals surface area contributed by atoms with Gasteiger partial charge in [-0.1, -0.05) is 30.3 Å². The van der Waals surface area contributed by atoms with Crippen molar-refractivity contribution in [3.8, 4) is 0 Å². The van der Waals surface area contributed by atoms with Crippen molar-refractivity contribution in [1.29, 1.82) is 0 Å². The summed E-state index contributed by atoms with van der Waals surface area (Å²) < 4.78 is 25.8. The van der Waals surface area contributed by atoms with Crippen LogP contribution in [0.25, 0.3) is 0 Å². The molecule has 102 valence electrons. The molecule has 0 aliphatic heterocycles. The van der Waals surface area contributed by atoms with E-state index in [-0.39, 0.29) is 12.4 Å². The zero-order chi connectivity index (χ0) is 13.4. The Morgan fingerprint density at radius 3 is 2.50 bits per heavy atom. The third-order valence-electron chi connectivity index (χ3n) is 2.44. The number of alkyl halides is 1. The Hall–Kier alpha value is -0.620. The highest BCUT2D eigenvalue weighted by molar-refractivity contribution is 7.89. The lowest BCUT2D eigenvalue weighted by Crippen LogP contribution is -2.40. The maximum atomic E-state index is 11.7. The number of hydrogen-bond donors (Lipinski definition) is 2. The number of aliphatic hydroxyl groups is 1. The fourth-order valence-corrected chi connectivity index (χ4v) is 3.20. The standard InChI is InChI=1S/C12H18ClNO3S/c13-7-4-8-18(16,17)14-12(10-15)9-11-5-2-1-3-6-11/h1-3,5-6,12,14-15H,4,7-10H2/t12-/m0/s1. The molecule has 6 heteroatoms. The van der Waals surface area contributed by atoms with Gasteiger partial charge in [-0.3, -0.25) is 0 Å². The second kappa shape index (κ2) is 7.74. The van der Waals surface area contributed by atoms with Gasteiger partial charge in [-0.25, -0.2) is 13.1 Å². The first-order valence-corrected chi connectivity index (χ1v) is 7.97. The normalized spacial score (nSPS) is 13.4. The van der Waals surface area contributed by atoms with E-state index in [1.165, 1.54) is 0 Å². The molecule has 0 amide bonds. The molecule has 0 fully saturated rings. The van der Waals surface area contributed by atoms with Crippen molar-refractivity contribution in [3.63, 3.8) is 0 Å². The number of nitrogens with one attached hydrogen (secondary N) is 1.